The number of benzene rings is 1. The zero-order valence-corrected chi connectivity index (χ0v) is 19.1. The lowest BCUT2D eigenvalue weighted by Crippen LogP contribution is -2.34. The number of nitrogens with zero attached hydrogens (tertiary/aromatic N) is 1. The van der Waals surface area contributed by atoms with Crippen molar-refractivity contribution >= 4 is 11.8 Å². The molecule has 4 rings (SSSR count). The highest BCUT2D eigenvalue weighted by atomic mass is 16.5. The molecule has 2 saturated carbocycles. The molecule has 3 N–H and O–H groups in total. The van der Waals surface area contributed by atoms with E-state index in [1.165, 1.54) is 12.8 Å². The fourth-order valence-electron chi connectivity index (χ4n) is 5.05. The number of imidazole rings is 1. The van der Waals surface area contributed by atoms with E-state index >= 15 is 0 Å². The molecule has 0 spiro atoms. The molecule has 2 aliphatic rings. The van der Waals surface area contributed by atoms with Crippen LogP contribution in [-0.4, -0.2) is 42.5 Å². The van der Waals surface area contributed by atoms with E-state index in [4.69, 9.17) is 9.72 Å². The smallest absolute Gasteiger partial charge is 0.269 e. The average Bonchev–Trinajstić information content (AvgIpc) is 3.53. The van der Waals surface area contributed by atoms with Crippen LogP contribution < -0.4 is 15.4 Å². The van der Waals surface area contributed by atoms with Gasteiger partial charge in [0.2, 0.25) is 5.91 Å². The largest absolute Gasteiger partial charge is 0.497 e. The van der Waals surface area contributed by atoms with Crippen molar-refractivity contribution in [3.05, 3.63) is 35.8 Å². The zero-order chi connectivity index (χ0) is 22.5. The maximum atomic E-state index is 12.5. The minimum Gasteiger partial charge on any atom is -0.497 e. The van der Waals surface area contributed by atoms with Gasteiger partial charge in [-0.1, -0.05) is 12.8 Å². The first kappa shape index (κ1) is 22.4. The van der Waals surface area contributed by atoms with Gasteiger partial charge in [0.25, 0.3) is 5.91 Å². The maximum absolute atomic E-state index is 12.5. The van der Waals surface area contributed by atoms with Crippen LogP contribution in [0.2, 0.25) is 0 Å². The SMILES string of the molecule is CNC(=O)c1[nH]c(C2CCC(CNC(=O)C3CCCC3)CC2)nc1-c1ccc(OC)cc1. The summed E-state index contributed by atoms with van der Waals surface area (Å²) in [7, 11) is 3.26. The first-order chi connectivity index (χ1) is 15.6. The van der Waals surface area contributed by atoms with Gasteiger partial charge in [-0.25, -0.2) is 4.98 Å². The second-order valence-electron chi connectivity index (χ2n) is 9.10. The van der Waals surface area contributed by atoms with Crippen LogP contribution in [0.3, 0.4) is 0 Å². The van der Waals surface area contributed by atoms with Crippen molar-refractivity contribution in [2.45, 2.75) is 57.3 Å². The Bertz CT molecular complexity index is 923. The van der Waals surface area contributed by atoms with Gasteiger partial charge < -0.3 is 20.4 Å². The van der Waals surface area contributed by atoms with Crippen molar-refractivity contribution in [3.8, 4) is 17.0 Å². The molecule has 0 bridgehead atoms. The van der Waals surface area contributed by atoms with Crippen molar-refractivity contribution in [2.75, 3.05) is 20.7 Å². The summed E-state index contributed by atoms with van der Waals surface area (Å²) in [4.78, 5) is 33.0. The molecule has 0 radical (unpaired) electrons. The van der Waals surface area contributed by atoms with Gasteiger partial charge in [0.05, 0.1) is 7.11 Å². The highest BCUT2D eigenvalue weighted by Gasteiger charge is 2.28. The summed E-state index contributed by atoms with van der Waals surface area (Å²) >= 11 is 0. The lowest BCUT2D eigenvalue weighted by atomic mass is 9.81. The number of hydrogen-bond acceptors (Lipinski definition) is 4. The molecule has 1 aromatic carbocycles. The normalized spacial score (nSPS) is 21.3. The molecule has 0 saturated heterocycles. The lowest BCUT2D eigenvalue weighted by Gasteiger charge is -2.27. The Balaban J connectivity index is 1.40. The summed E-state index contributed by atoms with van der Waals surface area (Å²) in [6.07, 6.45) is 8.58. The van der Waals surface area contributed by atoms with Gasteiger partial charge in [-0.15, -0.1) is 0 Å². The minimum atomic E-state index is -0.169. The number of rotatable bonds is 7. The molecule has 2 aromatic rings. The summed E-state index contributed by atoms with van der Waals surface area (Å²) in [6.45, 7) is 0.779. The molecule has 2 amide bonds. The monoisotopic (exact) mass is 438 g/mol. The topological polar surface area (TPSA) is 96.1 Å². The molecule has 7 heteroatoms. The van der Waals surface area contributed by atoms with Crippen LogP contribution in [0.4, 0.5) is 0 Å². The summed E-state index contributed by atoms with van der Waals surface area (Å²) in [5.74, 6) is 2.77. The van der Waals surface area contributed by atoms with E-state index in [1.807, 2.05) is 24.3 Å². The standard InChI is InChI=1S/C25H34N4O3/c1-26-25(31)22-21(17-11-13-20(32-2)14-12-17)28-23(29-22)18-9-7-16(8-10-18)15-27-24(30)19-5-3-4-6-19/h11-14,16,18-19H,3-10,15H2,1-2H3,(H,26,31)(H,27,30)(H,28,29). The number of hydrogen-bond donors (Lipinski definition) is 3. The molecular weight excluding hydrogens is 404 g/mol. The van der Waals surface area contributed by atoms with Crippen molar-refractivity contribution < 1.29 is 14.3 Å². The molecule has 32 heavy (non-hydrogen) atoms. The summed E-state index contributed by atoms with van der Waals surface area (Å²) < 4.78 is 5.24. The quantitative estimate of drug-likeness (QED) is 0.608. The number of aromatic nitrogens is 2. The molecule has 172 valence electrons. The van der Waals surface area contributed by atoms with Gasteiger partial charge in [-0.2, -0.15) is 0 Å². The Hall–Kier alpha value is -2.83. The van der Waals surface area contributed by atoms with Gasteiger partial charge in [0, 0.05) is 31.0 Å². The molecule has 2 fully saturated rings. The summed E-state index contributed by atoms with van der Waals surface area (Å²) in [6, 6.07) is 7.61. The predicted octanol–water partition coefficient (Wildman–Crippen LogP) is 4.03. The van der Waals surface area contributed by atoms with Crippen LogP contribution in [-0.2, 0) is 4.79 Å². The molecule has 0 unspecified atom stereocenters. The third kappa shape index (κ3) is 4.97. The lowest BCUT2D eigenvalue weighted by molar-refractivity contribution is -0.125. The molecule has 2 aliphatic carbocycles. The number of carbonyl (C=O) groups excluding carboxylic acids is 2. The van der Waals surface area contributed by atoms with Crippen LogP contribution >= 0.6 is 0 Å². The number of methoxy groups -OCH3 is 1. The fourth-order valence-corrected chi connectivity index (χ4v) is 5.05. The number of carbonyl (C=O) groups is 2. The van der Waals surface area contributed by atoms with Crippen molar-refractivity contribution in [1.29, 1.82) is 0 Å². The third-order valence-corrected chi connectivity index (χ3v) is 7.06. The van der Waals surface area contributed by atoms with Gasteiger partial charge in [-0.3, -0.25) is 9.59 Å². The first-order valence-corrected chi connectivity index (χ1v) is 11.8. The summed E-state index contributed by atoms with van der Waals surface area (Å²) in [5, 5.41) is 5.90. The van der Waals surface area contributed by atoms with Crippen molar-refractivity contribution in [2.24, 2.45) is 11.8 Å². The van der Waals surface area contributed by atoms with E-state index in [2.05, 4.69) is 15.6 Å². The van der Waals surface area contributed by atoms with Crippen molar-refractivity contribution in [1.82, 2.24) is 20.6 Å². The molecule has 0 atom stereocenters. The Morgan fingerprint density at radius 3 is 2.38 bits per heavy atom. The van der Waals surface area contributed by atoms with E-state index in [0.717, 1.165) is 62.2 Å². The third-order valence-electron chi connectivity index (χ3n) is 7.06. The van der Waals surface area contributed by atoms with E-state index < -0.39 is 0 Å². The Labute approximate surface area is 189 Å². The van der Waals surface area contributed by atoms with Crippen LogP contribution in [0.5, 0.6) is 5.75 Å². The van der Waals surface area contributed by atoms with E-state index in [9.17, 15) is 9.59 Å². The van der Waals surface area contributed by atoms with Gasteiger partial charge in [-0.05, 0) is 68.7 Å². The molecular formula is C25H34N4O3. The van der Waals surface area contributed by atoms with E-state index in [1.54, 1.807) is 14.2 Å². The molecule has 1 aromatic heterocycles. The number of nitrogens with one attached hydrogen (secondary N) is 3. The predicted molar refractivity (Wildman–Crippen MR) is 124 cm³/mol. The molecule has 0 aliphatic heterocycles. The Morgan fingerprint density at radius 2 is 1.75 bits per heavy atom. The number of amides is 2. The van der Waals surface area contributed by atoms with Crippen LogP contribution in [0, 0.1) is 11.8 Å². The van der Waals surface area contributed by atoms with Crippen LogP contribution in [0.1, 0.15) is 73.6 Å². The number of ether oxygens (including phenoxy) is 1. The maximum Gasteiger partial charge on any atom is 0.269 e. The molecule has 7 nitrogen and oxygen atoms in total. The first-order valence-electron chi connectivity index (χ1n) is 11.8. The van der Waals surface area contributed by atoms with Gasteiger partial charge >= 0.3 is 0 Å². The van der Waals surface area contributed by atoms with E-state index in [0.29, 0.717) is 23.2 Å². The number of H-pyrrole nitrogens is 1. The minimum absolute atomic E-state index is 0.169. The number of aromatic amines is 1. The zero-order valence-electron chi connectivity index (χ0n) is 19.1. The van der Waals surface area contributed by atoms with Gasteiger partial charge in [0.15, 0.2) is 0 Å². The highest BCUT2D eigenvalue weighted by Crippen LogP contribution is 2.36. The van der Waals surface area contributed by atoms with Crippen LogP contribution in [0.25, 0.3) is 11.3 Å². The van der Waals surface area contributed by atoms with Crippen LogP contribution in [0.15, 0.2) is 24.3 Å². The van der Waals surface area contributed by atoms with E-state index in [-0.39, 0.29) is 17.7 Å². The second kappa shape index (κ2) is 10.2. The van der Waals surface area contributed by atoms with Crippen molar-refractivity contribution in [3.63, 3.8) is 0 Å². The van der Waals surface area contributed by atoms with Gasteiger partial charge in [0.1, 0.15) is 23.0 Å². The summed E-state index contributed by atoms with van der Waals surface area (Å²) in [5.41, 5.74) is 2.06. The highest BCUT2D eigenvalue weighted by molar-refractivity contribution is 5.98. The average molecular weight is 439 g/mol. The second-order valence-corrected chi connectivity index (χ2v) is 9.10. The Kier molecular flexibility index (Phi) is 7.12. The molecule has 1 heterocycles. The fraction of sp³-hybridized carbons (Fsp3) is 0.560. The Morgan fingerprint density at radius 1 is 1.06 bits per heavy atom.